The van der Waals surface area contributed by atoms with Gasteiger partial charge in [-0.2, -0.15) is 0 Å². The summed E-state index contributed by atoms with van der Waals surface area (Å²) in [6.45, 7) is 1.42. The largest absolute Gasteiger partial charge is 0.355 e. The Kier molecular flexibility index (Phi) is 11.6. The Morgan fingerprint density at radius 3 is 1.93 bits per heavy atom. The van der Waals surface area contributed by atoms with Gasteiger partial charge >= 0.3 is 0 Å². The molecule has 4 aromatic carbocycles. The zero-order chi connectivity index (χ0) is 31.9. The molecular weight excluding hydrogens is 664 g/mol. The fourth-order valence-electron chi connectivity index (χ4n) is 4.57. The van der Waals surface area contributed by atoms with E-state index in [2.05, 4.69) is 5.32 Å². The van der Waals surface area contributed by atoms with Crippen LogP contribution < -0.4 is 9.62 Å². The molecule has 0 aliphatic heterocycles. The maximum atomic E-state index is 14.4. The highest BCUT2D eigenvalue weighted by Crippen LogP contribution is 2.31. The zero-order valence-corrected chi connectivity index (χ0v) is 27.4. The molecule has 0 spiro atoms. The lowest BCUT2D eigenvalue weighted by Crippen LogP contribution is -2.53. The summed E-state index contributed by atoms with van der Waals surface area (Å²) in [5.74, 6) is -1.02. The van der Waals surface area contributed by atoms with Crippen molar-refractivity contribution >= 4 is 73.9 Å². The monoisotopic (exact) mass is 691 g/mol. The topological polar surface area (TPSA) is 86.8 Å². The van der Waals surface area contributed by atoms with Crippen molar-refractivity contribution in [2.24, 2.45) is 0 Å². The number of halogens is 4. The molecular formula is C32H29Cl4N3O4S. The van der Waals surface area contributed by atoms with E-state index in [1.54, 1.807) is 43.3 Å². The maximum absolute atomic E-state index is 14.4. The van der Waals surface area contributed by atoms with E-state index in [1.165, 1.54) is 35.2 Å². The van der Waals surface area contributed by atoms with Crippen LogP contribution in [0.25, 0.3) is 0 Å². The third-order valence-electron chi connectivity index (χ3n) is 6.76. The van der Waals surface area contributed by atoms with Gasteiger partial charge in [0.15, 0.2) is 0 Å². The first-order valence-electron chi connectivity index (χ1n) is 13.6. The van der Waals surface area contributed by atoms with E-state index in [0.717, 1.165) is 9.87 Å². The van der Waals surface area contributed by atoms with Gasteiger partial charge in [-0.1, -0.05) is 101 Å². The molecule has 0 aliphatic carbocycles. The Morgan fingerprint density at radius 1 is 0.750 bits per heavy atom. The Bertz CT molecular complexity index is 1720. The van der Waals surface area contributed by atoms with Crippen molar-refractivity contribution in [2.75, 3.05) is 17.4 Å². The lowest BCUT2D eigenvalue weighted by atomic mass is 10.0. The maximum Gasteiger partial charge on any atom is 0.264 e. The van der Waals surface area contributed by atoms with Crippen molar-refractivity contribution in [1.29, 1.82) is 0 Å². The minimum absolute atomic E-state index is 0.0283. The second kappa shape index (κ2) is 15.1. The molecule has 12 heteroatoms. The fraction of sp³-hybridized carbons (Fsp3) is 0.188. The van der Waals surface area contributed by atoms with Crippen LogP contribution >= 0.6 is 46.4 Å². The molecule has 0 aromatic heterocycles. The molecule has 0 aliphatic rings. The molecule has 44 heavy (non-hydrogen) atoms. The van der Waals surface area contributed by atoms with Gasteiger partial charge in [-0.3, -0.25) is 13.9 Å². The summed E-state index contributed by atoms with van der Waals surface area (Å²) in [5, 5.41) is 3.76. The molecule has 0 unspecified atom stereocenters. The quantitative estimate of drug-likeness (QED) is 0.169. The number of nitrogens with one attached hydrogen (secondary N) is 1. The number of carbonyl (C=O) groups is 2. The molecule has 2 amide bonds. The summed E-state index contributed by atoms with van der Waals surface area (Å²) in [7, 11) is -4.27. The fourth-order valence-corrected chi connectivity index (χ4v) is 6.61. The first-order chi connectivity index (χ1) is 21.0. The molecule has 4 aromatic rings. The Balaban J connectivity index is 1.82. The van der Waals surface area contributed by atoms with Crippen molar-refractivity contribution in [3.8, 4) is 0 Å². The Hall–Kier alpha value is -3.27. The van der Waals surface area contributed by atoms with Crippen LogP contribution in [0.2, 0.25) is 20.1 Å². The third-order valence-corrected chi connectivity index (χ3v) is 10.0. The molecule has 230 valence electrons. The number of benzene rings is 4. The van der Waals surface area contributed by atoms with Crippen LogP contribution in [0.5, 0.6) is 0 Å². The SMILES string of the molecule is CCNC(=O)[C@@H](Cc1ccccc1)N(Cc1ccc(Cl)c(Cl)c1)C(=O)CN(c1ccc(Cl)c(Cl)c1)S(=O)(=O)c1ccccc1. The third kappa shape index (κ3) is 8.25. The summed E-state index contributed by atoms with van der Waals surface area (Å²) in [6.07, 6.45) is 0.179. The molecule has 4 rings (SSSR count). The van der Waals surface area contributed by atoms with E-state index in [-0.39, 0.29) is 38.6 Å². The predicted molar refractivity (Wildman–Crippen MR) is 177 cm³/mol. The number of carbonyl (C=O) groups excluding carboxylic acids is 2. The van der Waals surface area contributed by atoms with Crippen LogP contribution in [-0.2, 0) is 32.6 Å². The number of likely N-dealkylation sites (N-methyl/N-ethyl adjacent to an activating group) is 1. The summed E-state index contributed by atoms with van der Waals surface area (Å²) in [5.41, 5.74) is 1.54. The summed E-state index contributed by atoms with van der Waals surface area (Å²) >= 11 is 24.8. The Morgan fingerprint density at radius 2 is 1.34 bits per heavy atom. The summed E-state index contributed by atoms with van der Waals surface area (Å²) in [4.78, 5) is 29.3. The second-order valence-corrected chi connectivity index (χ2v) is 13.3. The highest BCUT2D eigenvalue weighted by molar-refractivity contribution is 7.92. The van der Waals surface area contributed by atoms with Crippen molar-refractivity contribution in [3.63, 3.8) is 0 Å². The van der Waals surface area contributed by atoms with E-state index >= 15 is 0 Å². The van der Waals surface area contributed by atoms with Gasteiger partial charge in [0.1, 0.15) is 12.6 Å². The summed E-state index contributed by atoms with van der Waals surface area (Å²) < 4.78 is 28.9. The standard InChI is InChI=1S/C32H29Cl4N3O4S/c1-2-37-32(41)30(18-22-9-5-3-6-10-22)38(20-23-13-15-26(33)28(35)17-23)31(40)21-39(24-14-16-27(34)29(36)19-24)44(42,43)25-11-7-4-8-12-25/h3-17,19,30H,2,18,20-21H2,1H3,(H,37,41)/t30-/m1/s1. The van der Waals surface area contributed by atoms with Gasteiger partial charge in [0, 0.05) is 19.5 Å². The summed E-state index contributed by atoms with van der Waals surface area (Å²) in [6, 6.07) is 25.2. The van der Waals surface area contributed by atoms with Gasteiger partial charge in [-0.25, -0.2) is 8.42 Å². The predicted octanol–water partition coefficient (Wildman–Crippen LogP) is 7.27. The van der Waals surface area contributed by atoms with Crippen LogP contribution in [-0.4, -0.2) is 44.3 Å². The molecule has 0 fully saturated rings. The number of anilines is 1. The van der Waals surface area contributed by atoms with E-state index < -0.39 is 34.4 Å². The minimum atomic E-state index is -4.27. The average Bonchev–Trinajstić information content (AvgIpc) is 3.01. The van der Waals surface area contributed by atoms with E-state index in [9.17, 15) is 18.0 Å². The van der Waals surface area contributed by atoms with Crippen molar-refractivity contribution in [1.82, 2.24) is 10.2 Å². The molecule has 1 atom stereocenters. The number of rotatable bonds is 12. The van der Waals surface area contributed by atoms with E-state index in [0.29, 0.717) is 17.1 Å². The second-order valence-electron chi connectivity index (χ2n) is 9.79. The molecule has 0 saturated heterocycles. The lowest BCUT2D eigenvalue weighted by Gasteiger charge is -2.34. The highest BCUT2D eigenvalue weighted by Gasteiger charge is 2.34. The van der Waals surface area contributed by atoms with Crippen molar-refractivity contribution in [2.45, 2.75) is 30.8 Å². The molecule has 0 bridgehead atoms. The molecule has 0 radical (unpaired) electrons. The first kappa shape index (κ1) is 33.6. The van der Waals surface area contributed by atoms with Gasteiger partial charge in [0.25, 0.3) is 10.0 Å². The number of hydrogen-bond donors (Lipinski definition) is 1. The minimum Gasteiger partial charge on any atom is -0.355 e. The van der Waals surface area contributed by atoms with Crippen LogP contribution in [0.1, 0.15) is 18.1 Å². The van der Waals surface area contributed by atoms with Gasteiger partial charge in [-0.15, -0.1) is 0 Å². The van der Waals surface area contributed by atoms with E-state index in [1.807, 2.05) is 30.3 Å². The highest BCUT2D eigenvalue weighted by atomic mass is 35.5. The Labute approximate surface area is 277 Å². The van der Waals surface area contributed by atoms with Gasteiger partial charge in [0.2, 0.25) is 11.8 Å². The van der Waals surface area contributed by atoms with Gasteiger partial charge in [0.05, 0.1) is 30.7 Å². The number of sulfonamides is 1. The van der Waals surface area contributed by atoms with Crippen LogP contribution in [0.3, 0.4) is 0 Å². The zero-order valence-electron chi connectivity index (χ0n) is 23.6. The van der Waals surface area contributed by atoms with Crippen LogP contribution in [0.15, 0.2) is 102 Å². The van der Waals surface area contributed by atoms with Crippen molar-refractivity contribution < 1.29 is 18.0 Å². The number of hydrogen-bond acceptors (Lipinski definition) is 4. The lowest BCUT2D eigenvalue weighted by molar-refractivity contribution is -0.140. The number of amides is 2. The average molecular weight is 693 g/mol. The van der Waals surface area contributed by atoms with Gasteiger partial charge < -0.3 is 10.2 Å². The molecule has 1 N–H and O–H groups in total. The molecule has 0 heterocycles. The van der Waals surface area contributed by atoms with Crippen molar-refractivity contribution in [3.05, 3.63) is 128 Å². The number of nitrogens with zero attached hydrogens (tertiary/aromatic N) is 2. The molecule has 0 saturated carbocycles. The molecule has 7 nitrogen and oxygen atoms in total. The van der Waals surface area contributed by atoms with Crippen LogP contribution in [0, 0.1) is 0 Å². The van der Waals surface area contributed by atoms with Gasteiger partial charge in [-0.05, 0) is 60.5 Å². The smallest absolute Gasteiger partial charge is 0.264 e. The normalized spacial score (nSPS) is 11.9. The van der Waals surface area contributed by atoms with E-state index in [4.69, 9.17) is 46.4 Å². The van der Waals surface area contributed by atoms with Crippen LogP contribution in [0.4, 0.5) is 5.69 Å². The first-order valence-corrected chi connectivity index (χ1v) is 16.5.